The van der Waals surface area contributed by atoms with Crippen molar-refractivity contribution in [3.8, 4) is 17.2 Å². The molecule has 256 valence electrons. The number of aromatic hydroxyl groups is 1. The summed E-state index contributed by atoms with van der Waals surface area (Å²) in [6.07, 6.45) is 11.4. The molecule has 0 amide bonds. The number of hydrogen-bond acceptors (Lipinski definition) is 8. The van der Waals surface area contributed by atoms with E-state index < -0.39 is 80.2 Å². The van der Waals surface area contributed by atoms with Crippen molar-refractivity contribution in [3.63, 3.8) is 0 Å². The first-order valence-electron chi connectivity index (χ1n) is 15.6. The Morgan fingerprint density at radius 3 is 2.45 bits per heavy atom. The number of Topliss-reactive ketones (excluding diaryl/α,β-unsaturated/α-hetero) is 1. The number of ketones is 1. The number of carboxylic acids is 1. The Balaban J connectivity index is 1.77. The van der Waals surface area contributed by atoms with Gasteiger partial charge in [0.05, 0.1) is 5.60 Å². The number of carbonyl (C=O) groups is 2. The first kappa shape index (κ1) is 35.9. The van der Waals surface area contributed by atoms with Crippen molar-refractivity contribution >= 4 is 39.0 Å². The van der Waals surface area contributed by atoms with Gasteiger partial charge in [0, 0.05) is 0 Å². The number of carbonyl (C=O) groups excluding carboxylic acids is 1. The molecule has 4 heterocycles. The van der Waals surface area contributed by atoms with E-state index in [4.69, 9.17) is 14.2 Å². The van der Waals surface area contributed by atoms with Crippen molar-refractivity contribution in [2.75, 3.05) is 4.43 Å². The fourth-order valence-electron chi connectivity index (χ4n) is 6.74. The van der Waals surface area contributed by atoms with Crippen LogP contribution in [0.5, 0.6) is 17.2 Å². The molecule has 0 saturated carbocycles. The molecule has 3 N–H and O–H groups in total. The number of phenolic OH excluding ortho intramolecular Hbond substituents is 1. The number of halogens is 2. The van der Waals surface area contributed by atoms with Gasteiger partial charge in [-0.3, -0.25) is 0 Å². The van der Waals surface area contributed by atoms with Crippen molar-refractivity contribution < 1.29 is 63.4 Å². The van der Waals surface area contributed by atoms with Gasteiger partial charge < -0.3 is 5.11 Å². The predicted molar refractivity (Wildman–Crippen MR) is 182 cm³/mol. The molecule has 1 aromatic carbocycles. The van der Waals surface area contributed by atoms with Crippen molar-refractivity contribution in [1.82, 2.24) is 0 Å². The molecule has 4 aliphatic rings. The van der Waals surface area contributed by atoms with Crippen LogP contribution < -0.4 is 30.7 Å². The third-order valence-corrected chi connectivity index (χ3v) is 13.8. The topological polar surface area (TPSA) is 140 Å². The maximum absolute atomic E-state index is 14.8. The van der Waals surface area contributed by atoms with Crippen LogP contribution in [0.25, 0.3) is 6.08 Å². The number of fused-ring (bicyclic) bond motifs is 2. The Morgan fingerprint density at radius 1 is 1.13 bits per heavy atom. The molecule has 0 aliphatic carbocycles. The molecular weight excluding hydrogens is 830 g/mol. The fraction of sp³-hybridized carbons (Fsp3) is 0.500. The molecule has 0 aromatic heterocycles. The summed E-state index contributed by atoms with van der Waals surface area (Å²) in [7, 11) is 0. The molecule has 47 heavy (non-hydrogen) atoms. The van der Waals surface area contributed by atoms with E-state index in [0.29, 0.717) is 39.7 Å². The van der Waals surface area contributed by atoms with Gasteiger partial charge in [-0.2, -0.15) is 0 Å². The molecule has 4 atom stereocenters. The van der Waals surface area contributed by atoms with Crippen LogP contribution in [0.1, 0.15) is 89.7 Å². The Hall–Kier alpha value is -2.36. The molecule has 5 rings (SSSR count). The summed E-state index contributed by atoms with van der Waals surface area (Å²) < 4.78 is 35.3. The van der Waals surface area contributed by atoms with Crippen LogP contribution in [-0.2, 0) is 19.0 Å². The van der Waals surface area contributed by atoms with E-state index in [0.717, 1.165) is 5.57 Å². The number of rotatable bonds is 9. The molecule has 1 spiro atoms. The van der Waals surface area contributed by atoms with Gasteiger partial charge in [0.2, 0.25) is 0 Å². The van der Waals surface area contributed by atoms with E-state index >= 15 is 0 Å². The third kappa shape index (κ3) is 6.18. The molecule has 11 heteroatoms. The number of benzene rings is 1. The second kappa shape index (κ2) is 12.5. The number of phenols is 1. The van der Waals surface area contributed by atoms with Crippen LogP contribution in [0, 0.1) is 5.92 Å². The first-order chi connectivity index (χ1) is 21.8. The van der Waals surface area contributed by atoms with Crippen LogP contribution in [-0.4, -0.2) is 57.5 Å². The summed E-state index contributed by atoms with van der Waals surface area (Å²) >= 11 is -2.64. The van der Waals surface area contributed by atoms with Gasteiger partial charge in [-0.25, -0.2) is 0 Å². The zero-order valence-corrected chi connectivity index (χ0v) is 32.3. The Morgan fingerprint density at radius 2 is 1.83 bits per heavy atom. The standard InChI is InChI=1S/C36H43I2O9/c1-20(2)10-11-23-29-22(13-16-34(8,45-29)15-9-14-32(4,5)43)27(39)26-28(40)24-18-37-19-25-33(6,7)47-35(38-44,17-12-21(3)31(41)42)36(24,25)46-30(23)26/h9-10,12-14,16,18,25,39,43H,11,15,17,19H2,1-8H3,(H,41,42)/q-1/b14-9+,21-12-/t25?,34-,35-,36-/m1/s1. The monoisotopic (exact) mass is 873 g/mol. The van der Waals surface area contributed by atoms with Crippen molar-refractivity contribution in [1.29, 1.82) is 0 Å². The molecule has 1 fully saturated rings. The Bertz CT molecular complexity index is 1690. The van der Waals surface area contributed by atoms with E-state index in [9.17, 15) is 28.0 Å². The molecule has 1 saturated heterocycles. The third-order valence-electron chi connectivity index (χ3n) is 9.22. The van der Waals surface area contributed by atoms with Gasteiger partial charge in [-0.1, -0.05) is 0 Å². The van der Waals surface area contributed by atoms with Gasteiger partial charge in [0.25, 0.3) is 0 Å². The maximum atomic E-state index is 14.8. The van der Waals surface area contributed by atoms with E-state index in [1.165, 1.54) is 13.0 Å². The predicted octanol–water partition coefficient (Wildman–Crippen LogP) is 3.94. The van der Waals surface area contributed by atoms with Crippen LogP contribution in [0.3, 0.4) is 0 Å². The average molecular weight is 874 g/mol. The molecule has 4 aliphatic heterocycles. The van der Waals surface area contributed by atoms with Crippen molar-refractivity contribution in [2.24, 2.45) is 5.92 Å². The number of hydrogen-bond donors (Lipinski definition) is 3. The molecule has 0 bridgehead atoms. The van der Waals surface area contributed by atoms with Gasteiger partial charge in [-0.15, -0.1) is 0 Å². The first-order valence-corrected chi connectivity index (χ1v) is 20.3. The average Bonchev–Trinajstić information content (AvgIpc) is 3.17. The molecule has 1 unspecified atom stereocenters. The van der Waals surface area contributed by atoms with E-state index in [2.05, 4.69) is 0 Å². The molecule has 0 radical (unpaired) electrons. The number of aliphatic carboxylic acids is 1. The molecular formula is C36H43I2O9-. The minimum atomic E-state index is -2.05. The van der Waals surface area contributed by atoms with Crippen LogP contribution >= 0.6 is 21.2 Å². The number of aliphatic hydroxyl groups is 1. The summed E-state index contributed by atoms with van der Waals surface area (Å²) in [5, 5.41) is 31.6. The number of ether oxygens (including phenoxy) is 3. The Kier molecular flexibility index (Phi) is 9.56. The van der Waals surface area contributed by atoms with Crippen LogP contribution in [0.2, 0.25) is 0 Å². The SMILES string of the molecule is CC(C)=CCc1c2c(c(O)c3c1O[C@]14C(=C[I-]CC1C(C)(C)O[C@@]4(C/C=C(/C)C(=O)O)I=O)C3=O)C=C[C@@](C)(C/C=C/C(C)(C)O)O2. The number of allylic oxidation sites excluding steroid dienone is 2. The van der Waals surface area contributed by atoms with E-state index in [1.807, 2.05) is 56.9 Å². The molecule has 9 nitrogen and oxygen atoms in total. The second-order valence-corrected chi connectivity index (χ2v) is 18.8. The normalized spacial score (nSPS) is 29.4. The van der Waals surface area contributed by atoms with Crippen LogP contribution in [0.4, 0.5) is 0 Å². The van der Waals surface area contributed by atoms with E-state index in [1.54, 1.807) is 26.0 Å². The van der Waals surface area contributed by atoms with Crippen LogP contribution in [0.15, 0.2) is 51.2 Å². The van der Waals surface area contributed by atoms with Gasteiger partial charge >= 0.3 is 274 Å². The summed E-state index contributed by atoms with van der Waals surface area (Å²) in [6.45, 7) is 14.5. The summed E-state index contributed by atoms with van der Waals surface area (Å²) in [4.78, 5) is 26.5. The fourth-order valence-corrected chi connectivity index (χ4v) is 12.5. The van der Waals surface area contributed by atoms with Gasteiger partial charge in [-0.05, 0) is 13.8 Å². The number of alkyl halides is 2. The second-order valence-electron chi connectivity index (χ2n) is 14.2. The summed E-state index contributed by atoms with van der Waals surface area (Å²) in [6, 6.07) is 0. The quantitative estimate of drug-likeness (QED) is 0.146. The summed E-state index contributed by atoms with van der Waals surface area (Å²) in [5.74, 6) is -1.52. The van der Waals surface area contributed by atoms with Crippen molar-refractivity contribution in [2.45, 2.75) is 101 Å². The summed E-state index contributed by atoms with van der Waals surface area (Å²) in [5.41, 5.74) is -1.69. The Labute approximate surface area is 296 Å². The van der Waals surface area contributed by atoms with Gasteiger partial charge in [0.1, 0.15) is 0 Å². The molecule has 1 aromatic rings. The number of carboxylic acid groups (broad SMARTS) is 1. The van der Waals surface area contributed by atoms with Gasteiger partial charge in [0.15, 0.2) is 0 Å². The van der Waals surface area contributed by atoms with Crippen molar-refractivity contribution in [3.05, 3.63) is 67.9 Å². The minimum absolute atomic E-state index is 0.0226. The van der Waals surface area contributed by atoms with E-state index in [-0.39, 0.29) is 35.0 Å². The zero-order chi connectivity index (χ0) is 34.7. The zero-order valence-electron chi connectivity index (χ0n) is 28.0.